The Balaban J connectivity index is 1.89. The summed E-state index contributed by atoms with van der Waals surface area (Å²) in [4.78, 5) is 14.5. The number of hydrogen-bond acceptors (Lipinski definition) is 3. The summed E-state index contributed by atoms with van der Waals surface area (Å²) in [6, 6.07) is 30.5. The van der Waals surface area contributed by atoms with Gasteiger partial charge in [-0.3, -0.25) is 4.79 Å². The number of thiophene rings is 1. The monoisotopic (exact) mass is 483 g/mol. The van der Waals surface area contributed by atoms with Crippen molar-refractivity contribution in [3.8, 4) is 16.8 Å². The van der Waals surface area contributed by atoms with Crippen molar-refractivity contribution in [1.82, 2.24) is 4.57 Å². The highest BCUT2D eigenvalue weighted by Crippen LogP contribution is 2.42. The number of nitrogens with zero attached hydrogens (tertiary/aromatic N) is 1. The fraction of sp³-hybridized carbons (Fsp3) is 0.0690. The van der Waals surface area contributed by atoms with E-state index in [1.807, 2.05) is 78.4 Å². The van der Waals surface area contributed by atoms with Gasteiger partial charge >= 0.3 is 0 Å². The molecule has 0 unspecified atom stereocenters. The Morgan fingerprint density at radius 1 is 0.882 bits per heavy atom. The van der Waals surface area contributed by atoms with E-state index in [4.69, 9.17) is 0 Å². The van der Waals surface area contributed by atoms with Crippen LogP contribution in [-0.2, 0) is 6.42 Å². The van der Waals surface area contributed by atoms with Gasteiger partial charge in [0.25, 0.3) is 0 Å². The molecular formula is C29H22FNOS2. The number of para-hydroxylation sites is 1. The van der Waals surface area contributed by atoms with E-state index in [1.54, 1.807) is 12.1 Å². The number of halogens is 1. The highest BCUT2D eigenvalue weighted by molar-refractivity contribution is 7.98. The second kappa shape index (κ2) is 9.84. The summed E-state index contributed by atoms with van der Waals surface area (Å²) in [5.41, 5.74) is 4.59. The molecule has 0 N–H and O–H groups in total. The SMILES string of the molecule is CSc1c(C(=O)c2cccs2)c(-c2ccccc2F)c(Cc2ccccc2)n1-c1ccccc1. The van der Waals surface area contributed by atoms with Crippen LogP contribution in [0.15, 0.2) is 107 Å². The molecule has 0 saturated carbocycles. The molecule has 5 aromatic rings. The summed E-state index contributed by atoms with van der Waals surface area (Å²) < 4.78 is 17.4. The summed E-state index contributed by atoms with van der Waals surface area (Å²) in [5, 5.41) is 2.71. The second-order valence-electron chi connectivity index (χ2n) is 7.83. The quantitative estimate of drug-likeness (QED) is 0.173. The van der Waals surface area contributed by atoms with E-state index in [2.05, 4.69) is 16.7 Å². The second-order valence-corrected chi connectivity index (χ2v) is 9.57. The van der Waals surface area contributed by atoms with Crippen molar-refractivity contribution in [3.63, 3.8) is 0 Å². The molecule has 0 fully saturated rings. The van der Waals surface area contributed by atoms with Gasteiger partial charge in [0.15, 0.2) is 0 Å². The van der Waals surface area contributed by atoms with Crippen LogP contribution in [0.5, 0.6) is 0 Å². The van der Waals surface area contributed by atoms with E-state index >= 15 is 4.39 Å². The van der Waals surface area contributed by atoms with E-state index < -0.39 is 0 Å². The molecule has 0 atom stereocenters. The smallest absolute Gasteiger partial charge is 0.206 e. The van der Waals surface area contributed by atoms with Crippen molar-refractivity contribution < 1.29 is 9.18 Å². The number of thioether (sulfide) groups is 1. The normalized spacial score (nSPS) is 11.0. The Morgan fingerprint density at radius 2 is 1.56 bits per heavy atom. The average molecular weight is 484 g/mol. The molecule has 2 nitrogen and oxygen atoms in total. The first-order chi connectivity index (χ1) is 16.7. The van der Waals surface area contributed by atoms with Gasteiger partial charge in [-0.1, -0.05) is 72.8 Å². The Bertz CT molecular complexity index is 1420. The third-order valence-corrected chi connectivity index (χ3v) is 7.40. The minimum atomic E-state index is -0.338. The maximum atomic E-state index is 15.3. The predicted molar refractivity (Wildman–Crippen MR) is 140 cm³/mol. The molecule has 34 heavy (non-hydrogen) atoms. The minimum absolute atomic E-state index is 0.0819. The number of carbonyl (C=O) groups is 1. The van der Waals surface area contributed by atoms with Crippen LogP contribution in [0.25, 0.3) is 16.8 Å². The Hall–Kier alpha value is -3.41. The van der Waals surface area contributed by atoms with E-state index in [9.17, 15) is 4.79 Å². The third-order valence-electron chi connectivity index (χ3n) is 5.76. The molecule has 2 aromatic heterocycles. The predicted octanol–water partition coefficient (Wildman–Crippen LogP) is 7.89. The lowest BCUT2D eigenvalue weighted by atomic mass is 9.95. The largest absolute Gasteiger partial charge is 0.307 e. The fourth-order valence-corrected chi connectivity index (χ4v) is 5.76. The molecule has 0 saturated heterocycles. The minimum Gasteiger partial charge on any atom is -0.307 e. The molecule has 0 spiro atoms. The van der Waals surface area contributed by atoms with Crippen molar-refractivity contribution >= 4 is 28.9 Å². The zero-order chi connectivity index (χ0) is 23.5. The van der Waals surface area contributed by atoms with Gasteiger partial charge in [0, 0.05) is 28.9 Å². The summed E-state index contributed by atoms with van der Waals surface area (Å²) in [6.45, 7) is 0. The molecule has 3 aromatic carbocycles. The van der Waals surface area contributed by atoms with Gasteiger partial charge in [0.2, 0.25) is 5.78 Å². The number of rotatable bonds is 7. The average Bonchev–Trinajstić information content (AvgIpc) is 3.52. The summed E-state index contributed by atoms with van der Waals surface area (Å²) >= 11 is 2.92. The first kappa shape index (κ1) is 22.4. The lowest BCUT2D eigenvalue weighted by Crippen LogP contribution is -2.04. The van der Waals surface area contributed by atoms with E-state index in [1.165, 1.54) is 29.2 Å². The van der Waals surface area contributed by atoms with Crippen LogP contribution in [0, 0.1) is 5.82 Å². The van der Waals surface area contributed by atoms with Crippen molar-refractivity contribution in [2.75, 3.05) is 6.26 Å². The van der Waals surface area contributed by atoms with Gasteiger partial charge in [-0.2, -0.15) is 0 Å². The maximum Gasteiger partial charge on any atom is 0.206 e. The van der Waals surface area contributed by atoms with Gasteiger partial charge in [-0.15, -0.1) is 23.1 Å². The highest BCUT2D eigenvalue weighted by atomic mass is 32.2. The number of hydrogen-bond donors (Lipinski definition) is 0. The summed E-state index contributed by atoms with van der Waals surface area (Å²) in [6.07, 6.45) is 2.53. The molecule has 0 bridgehead atoms. The van der Waals surface area contributed by atoms with Gasteiger partial charge < -0.3 is 4.57 Å². The Kier molecular flexibility index (Phi) is 6.48. The van der Waals surface area contributed by atoms with E-state index in [-0.39, 0.29) is 11.6 Å². The number of ketones is 1. The summed E-state index contributed by atoms with van der Waals surface area (Å²) in [7, 11) is 0. The number of carbonyl (C=O) groups excluding carboxylic acids is 1. The standard InChI is InChI=1S/C29H22FNOS2/c1-33-29-27(28(32)25-17-10-18-34-25)26(22-15-8-9-16-23(22)30)24(19-20-11-4-2-5-12-20)31(29)21-13-6-3-7-14-21/h2-18H,19H2,1H3. The first-order valence-electron chi connectivity index (χ1n) is 10.9. The molecule has 5 rings (SSSR count). The Labute approximate surface area is 206 Å². The maximum absolute atomic E-state index is 15.3. The molecule has 2 heterocycles. The van der Waals surface area contributed by atoms with Crippen molar-refractivity contribution in [3.05, 3.63) is 130 Å². The molecule has 0 aliphatic heterocycles. The molecule has 0 amide bonds. The molecule has 168 valence electrons. The van der Waals surface area contributed by atoms with Crippen molar-refractivity contribution in [1.29, 1.82) is 0 Å². The van der Waals surface area contributed by atoms with Crippen LogP contribution >= 0.6 is 23.1 Å². The van der Waals surface area contributed by atoms with Gasteiger partial charge in [0.05, 0.1) is 15.5 Å². The topological polar surface area (TPSA) is 22.0 Å². The van der Waals surface area contributed by atoms with Crippen LogP contribution in [-0.4, -0.2) is 16.6 Å². The van der Waals surface area contributed by atoms with Gasteiger partial charge in [-0.25, -0.2) is 4.39 Å². The van der Waals surface area contributed by atoms with Crippen LogP contribution in [0.2, 0.25) is 0 Å². The lowest BCUT2D eigenvalue weighted by Gasteiger charge is -2.14. The third kappa shape index (κ3) is 4.13. The molecule has 0 aliphatic rings. The van der Waals surface area contributed by atoms with Crippen LogP contribution < -0.4 is 0 Å². The zero-order valence-corrected chi connectivity index (χ0v) is 20.2. The molecule has 0 radical (unpaired) electrons. The van der Waals surface area contributed by atoms with Crippen LogP contribution in [0.1, 0.15) is 26.5 Å². The number of benzene rings is 3. The van der Waals surface area contributed by atoms with E-state index in [0.717, 1.165) is 22.0 Å². The van der Waals surface area contributed by atoms with Crippen LogP contribution in [0.3, 0.4) is 0 Å². The molecule has 5 heteroatoms. The van der Waals surface area contributed by atoms with Crippen LogP contribution in [0.4, 0.5) is 4.39 Å². The first-order valence-corrected chi connectivity index (χ1v) is 13.0. The highest BCUT2D eigenvalue weighted by Gasteiger charge is 2.30. The van der Waals surface area contributed by atoms with E-state index in [0.29, 0.717) is 28.0 Å². The Morgan fingerprint density at radius 3 is 2.21 bits per heavy atom. The number of aromatic nitrogens is 1. The van der Waals surface area contributed by atoms with Gasteiger partial charge in [-0.05, 0) is 41.5 Å². The molecular weight excluding hydrogens is 461 g/mol. The zero-order valence-electron chi connectivity index (χ0n) is 18.6. The lowest BCUT2D eigenvalue weighted by molar-refractivity contribution is 0.104. The van der Waals surface area contributed by atoms with Gasteiger partial charge in [0.1, 0.15) is 5.82 Å². The summed E-state index contributed by atoms with van der Waals surface area (Å²) in [5.74, 6) is -0.420. The fourth-order valence-electron chi connectivity index (χ4n) is 4.29. The molecule has 0 aliphatic carbocycles. The van der Waals surface area contributed by atoms with Crippen molar-refractivity contribution in [2.45, 2.75) is 11.4 Å². The van der Waals surface area contributed by atoms with Crippen molar-refractivity contribution in [2.24, 2.45) is 0 Å².